The van der Waals surface area contributed by atoms with Gasteiger partial charge in [-0.3, -0.25) is 14.4 Å². The molecular formula is C23H22F3N3O9. The number of hydrogen-bond acceptors (Lipinski definition) is 9. The normalized spacial score (nSPS) is 11.5. The van der Waals surface area contributed by atoms with Crippen LogP contribution in [0.4, 0.5) is 13.2 Å². The molecule has 0 aliphatic carbocycles. The average molecular weight is 541 g/mol. The minimum atomic E-state index is -5.08. The van der Waals surface area contributed by atoms with E-state index in [2.05, 4.69) is 10.4 Å². The van der Waals surface area contributed by atoms with E-state index < -0.39 is 48.4 Å². The van der Waals surface area contributed by atoms with Crippen LogP contribution in [0.15, 0.2) is 53.6 Å². The number of amides is 1. The third-order valence-electron chi connectivity index (χ3n) is 4.22. The van der Waals surface area contributed by atoms with Crippen molar-refractivity contribution in [2.24, 2.45) is 10.9 Å². The Morgan fingerprint density at radius 2 is 1.53 bits per heavy atom. The second kappa shape index (κ2) is 14.6. The Morgan fingerprint density at radius 1 is 1.00 bits per heavy atom. The Bertz CT molecular complexity index is 1170. The topological polar surface area (TPSA) is 195 Å². The Morgan fingerprint density at radius 3 is 1.97 bits per heavy atom. The molecule has 15 heteroatoms. The van der Waals surface area contributed by atoms with E-state index in [1.807, 2.05) is 0 Å². The van der Waals surface area contributed by atoms with Gasteiger partial charge in [0.25, 0.3) is 5.91 Å². The fourth-order valence-corrected chi connectivity index (χ4v) is 2.49. The van der Waals surface area contributed by atoms with Gasteiger partial charge in [0, 0.05) is 18.1 Å². The minimum Gasteiger partial charge on any atom is -0.482 e. The lowest BCUT2D eigenvalue weighted by Gasteiger charge is -2.18. The van der Waals surface area contributed by atoms with Crippen LogP contribution in [0.1, 0.15) is 33.2 Å². The van der Waals surface area contributed by atoms with Gasteiger partial charge in [0.1, 0.15) is 18.4 Å². The number of hydrazone groups is 1. The van der Waals surface area contributed by atoms with Gasteiger partial charge in [0.05, 0.1) is 6.21 Å². The molecule has 0 heterocycles. The number of ketones is 1. The maximum absolute atomic E-state index is 12.9. The molecule has 2 aromatic carbocycles. The first kappa shape index (κ1) is 31.1. The molecule has 0 radical (unpaired) electrons. The fourth-order valence-electron chi connectivity index (χ4n) is 2.49. The van der Waals surface area contributed by atoms with E-state index in [9.17, 15) is 32.3 Å². The number of carbonyl (C=O) groups is 5. The van der Waals surface area contributed by atoms with E-state index in [4.69, 9.17) is 30.3 Å². The zero-order valence-corrected chi connectivity index (χ0v) is 19.6. The first-order chi connectivity index (χ1) is 17.7. The summed E-state index contributed by atoms with van der Waals surface area (Å²) in [5.74, 6) is -0.172. The second-order valence-electron chi connectivity index (χ2n) is 7.10. The third kappa shape index (κ3) is 11.2. The predicted molar refractivity (Wildman–Crippen MR) is 124 cm³/mol. The highest BCUT2D eigenvalue weighted by atomic mass is 19.4. The molecule has 204 valence electrons. The van der Waals surface area contributed by atoms with Crippen LogP contribution >= 0.6 is 0 Å². The fraction of sp³-hybridized carbons (Fsp3) is 0.217. The number of carboxylic acids is 2. The molecule has 0 aliphatic heterocycles. The van der Waals surface area contributed by atoms with Crippen LogP contribution in [0.2, 0.25) is 0 Å². The molecular weight excluding hydrogens is 519 g/mol. The Balaban J connectivity index is 0.000000905. The molecule has 0 bridgehead atoms. The summed E-state index contributed by atoms with van der Waals surface area (Å²) >= 11 is 0. The van der Waals surface area contributed by atoms with Crippen molar-refractivity contribution >= 4 is 35.8 Å². The zero-order valence-electron chi connectivity index (χ0n) is 19.6. The second-order valence-corrected chi connectivity index (χ2v) is 7.10. The van der Waals surface area contributed by atoms with Crippen LogP contribution in [0.5, 0.6) is 5.75 Å². The molecule has 1 amide bonds. The van der Waals surface area contributed by atoms with Crippen molar-refractivity contribution < 1.29 is 56.8 Å². The van der Waals surface area contributed by atoms with Crippen LogP contribution in [0.25, 0.3) is 0 Å². The van der Waals surface area contributed by atoms with Crippen molar-refractivity contribution in [1.82, 2.24) is 5.32 Å². The lowest BCUT2D eigenvalue weighted by atomic mass is 10.0. The molecule has 0 aliphatic rings. The van der Waals surface area contributed by atoms with Crippen molar-refractivity contribution in [1.29, 1.82) is 0 Å². The number of ether oxygens (including phenoxy) is 2. The number of nitrogens with two attached hydrogens (primary N) is 1. The van der Waals surface area contributed by atoms with E-state index >= 15 is 0 Å². The Labute approximate surface area is 212 Å². The van der Waals surface area contributed by atoms with Gasteiger partial charge in [0.15, 0.2) is 12.4 Å². The number of hydrogen-bond donors (Lipinski definition) is 4. The standard InChI is InChI=1S/C21H21N3O7.C2HF3O2/c1-13(25)30-11-18(24-21(29)16-4-2-14(3-5-16)10-23-22)20(28)15-6-8-17(9-7-15)31-12-19(26)27;3-2(4,5)1(6)7/h2-10,18H,11-12,22H2,1H3,(H,24,29)(H,26,27);(H,6,7)/t18-;/m0./s1. The summed E-state index contributed by atoms with van der Waals surface area (Å²) < 4.78 is 41.7. The maximum atomic E-state index is 12.9. The molecule has 2 rings (SSSR count). The van der Waals surface area contributed by atoms with Gasteiger partial charge >= 0.3 is 24.1 Å². The number of nitrogens with zero attached hydrogens (tertiary/aromatic N) is 1. The van der Waals surface area contributed by atoms with E-state index in [1.54, 1.807) is 12.1 Å². The van der Waals surface area contributed by atoms with Gasteiger partial charge in [-0.1, -0.05) is 12.1 Å². The van der Waals surface area contributed by atoms with Crippen molar-refractivity contribution in [3.63, 3.8) is 0 Å². The van der Waals surface area contributed by atoms with Crippen LogP contribution in [0, 0.1) is 0 Å². The molecule has 0 saturated carbocycles. The molecule has 1 atom stereocenters. The first-order valence-corrected chi connectivity index (χ1v) is 10.3. The monoisotopic (exact) mass is 541 g/mol. The smallest absolute Gasteiger partial charge is 0.482 e. The highest BCUT2D eigenvalue weighted by Gasteiger charge is 2.38. The summed E-state index contributed by atoms with van der Waals surface area (Å²) in [6.45, 7) is 0.319. The van der Waals surface area contributed by atoms with Crippen molar-refractivity contribution in [2.75, 3.05) is 13.2 Å². The van der Waals surface area contributed by atoms with Crippen molar-refractivity contribution in [3.05, 3.63) is 65.2 Å². The molecule has 0 saturated heterocycles. The van der Waals surface area contributed by atoms with Gasteiger partial charge in [0.2, 0.25) is 0 Å². The number of aliphatic carboxylic acids is 2. The summed E-state index contributed by atoms with van der Waals surface area (Å²) in [5.41, 5.74) is 1.19. The Kier molecular flexibility index (Phi) is 11.9. The molecule has 0 unspecified atom stereocenters. The highest BCUT2D eigenvalue weighted by molar-refractivity contribution is 6.04. The maximum Gasteiger partial charge on any atom is 0.490 e. The summed E-state index contributed by atoms with van der Waals surface area (Å²) in [5, 5.41) is 21.7. The van der Waals surface area contributed by atoms with E-state index in [-0.39, 0.29) is 23.5 Å². The van der Waals surface area contributed by atoms with E-state index in [0.717, 1.165) is 0 Å². The molecule has 2 aromatic rings. The number of carboxylic acid groups (broad SMARTS) is 2. The van der Waals surface area contributed by atoms with Crippen LogP contribution in [0.3, 0.4) is 0 Å². The number of esters is 1. The SMILES string of the molecule is CC(=O)OC[C@H](NC(=O)c1ccc(C=NN)cc1)C(=O)c1ccc(OCC(=O)O)cc1.O=C(O)C(F)(F)F. The molecule has 5 N–H and O–H groups in total. The number of rotatable bonds is 10. The van der Waals surface area contributed by atoms with Gasteiger partial charge in [-0.15, -0.1) is 0 Å². The van der Waals surface area contributed by atoms with Crippen molar-refractivity contribution in [3.8, 4) is 5.75 Å². The summed E-state index contributed by atoms with van der Waals surface area (Å²) in [6, 6.07) is 10.9. The summed E-state index contributed by atoms with van der Waals surface area (Å²) in [4.78, 5) is 56.1. The summed E-state index contributed by atoms with van der Waals surface area (Å²) in [6.07, 6.45) is -3.67. The zero-order chi connectivity index (χ0) is 28.9. The number of nitrogens with one attached hydrogen (secondary N) is 1. The molecule has 12 nitrogen and oxygen atoms in total. The lowest BCUT2D eigenvalue weighted by Crippen LogP contribution is -2.44. The van der Waals surface area contributed by atoms with Crippen molar-refractivity contribution in [2.45, 2.75) is 19.1 Å². The predicted octanol–water partition coefficient (Wildman–Crippen LogP) is 1.62. The van der Waals surface area contributed by atoms with Gasteiger partial charge in [-0.25, -0.2) is 9.59 Å². The quantitative estimate of drug-likeness (QED) is 0.113. The number of halogens is 3. The van der Waals surface area contributed by atoms with Crippen LogP contribution in [-0.2, 0) is 19.1 Å². The largest absolute Gasteiger partial charge is 0.490 e. The molecule has 0 aromatic heterocycles. The number of alkyl halides is 3. The van der Waals surface area contributed by atoms with E-state index in [0.29, 0.717) is 5.56 Å². The minimum absolute atomic E-state index is 0.217. The average Bonchev–Trinajstić information content (AvgIpc) is 2.85. The number of Topliss-reactive ketones (excluding diaryl/α,β-unsaturated/α-hetero) is 1. The van der Waals surface area contributed by atoms with Crippen LogP contribution in [-0.4, -0.2) is 71.5 Å². The summed E-state index contributed by atoms with van der Waals surface area (Å²) in [7, 11) is 0. The first-order valence-electron chi connectivity index (χ1n) is 10.3. The molecule has 38 heavy (non-hydrogen) atoms. The number of carbonyl (C=O) groups excluding carboxylic acids is 3. The van der Waals surface area contributed by atoms with Gasteiger partial charge in [-0.2, -0.15) is 18.3 Å². The molecule has 0 fully saturated rings. The Hall–Kier alpha value is -4.95. The van der Waals surface area contributed by atoms with Gasteiger partial charge in [-0.05, 0) is 42.0 Å². The van der Waals surface area contributed by atoms with E-state index in [1.165, 1.54) is 49.5 Å². The van der Waals surface area contributed by atoms with Gasteiger partial charge < -0.3 is 30.8 Å². The third-order valence-corrected chi connectivity index (χ3v) is 4.22. The highest BCUT2D eigenvalue weighted by Crippen LogP contribution is 2.15. The molecule has 0 spiro atoms. The number of benzene rings is 2. The van der Waals surface area contributed by atoms with Crippen LogP contribution < -0.4 is 15.9 Å². The lowest BCUT2D eigenvalue weighted by molar-refractivity contribution is -0.192.